The number of ketones is 1. The summed E-state index contributed by atoms with van der Waals surface area (Å²) in [5.74, 6) is -0.841. The second kappa shape index (κ2) is 16.0. The van der Waals surface area contributed by atoms with E-state index in [1.54, 1.807) is 18.2 Å². The lowest BCUT2D eigenvalue weighted by molar-refractivity contribution is 0.0879. The number of carbonyl (C=O) groups is 3. The number of amides is 1. The molecule has 1 heterocycles. The molecule has 0 bridgehead atoms. The van der Waals surface area contributed by atoms with E-state index in [0.29, 0.717) is 12.0 Å². The van der Waals surface area contributed by atoms with E-state index in [1.807, 2.05) is 0 Å². The van der Waals surface area contributed by atoms with Crippen LogP contribution in [0.25, 0.3) is 0 Å². The number of nitrogens with one attached hydrogen (secondary N) is 1. The van der Waals surface area contributed by atoms with E-state index in [-0.39, 0.29) is 51.4 Å². The maximum absolute atomic E-state index is 13.2. The van der Waals surface area contributed by atoms with Gasteiger partial charge in [0.05, 0.1) is 15.6 Å². The summed E-state index contributed by atoms with van der Waals surface area (Å²) >= 11 is 12.5. The fourth-order valence-electron chi connectivity index (χ4n) is 5.09. The smallest absolute Gasteiger partial charge is 0.272 e. The van der Waals surface area contributed by atoms with E-state index in [0.717, 1.165) is 44.9 Å². The van der Waals surface area contributed by atoms with Crippen molar-refractivity contribution in [3.63, 3.8) is 0 Å². The van der Waals surface area contributed by atoms with Crippen LogP contribution in [0.15, 0.2) is 24.4 Å². The van der Waals surface area contributed by atoms with Gasteiger partial charge in [-0.3, -0.25) is 14.4 Å². The Morgan fingerprint density at radius 3 is 2.16 bits per heavy atom. The van der Waals surface area contributed by atoms with E-state index in [1.165, 1.54) is 55.8 Å². The van der Waals surface area contributed by atoms with Crippen molar-refractivity contribution in [1.82, 2.24) is 15.1 Å². The van der Waals surface area contributed by atoms with Crippen LogP contribution in [0.5, 0.6) is 0 Å². The van der Waals surface area contributed by atoms with Gasteiger partial charge in [0, 0.05) is 30.6 Å². The first-order valence-corrected chi connectivity index (χ1v) is 15.1. The van der Waals surface area contributed by atoms with Crippen LogP contribution in [-0.2, 0) is 6.42 Å². The van der Waals surface area contributed by atoms with Crippen LogP contribution in [0, 0.1) is 0 Å². The summed E-state index contributed by atoms with van der Waals surface area (Å²) in [6.45, 7) is 2.22. The third kappa shape index (κ3) is 9.23. The first-order valence-electron chi connectivity index (χ1n) is 14.3. The van der Waals surface area contributed by atoms with Gasteiger partial charge in [0.2, 0.25) is 5.91 Å². The van der Waals surface area contributed by atoms with Crippen LogP contribution < -0.4 is 5.32 Å². The molecule has 1 aliphatic rings. The normalized spacial score (nSPS) is 14.0. The zero-order chi connectivity index (χ0) is 27.3. The molecule has 0 unspecified atom stereocenters. The van der Waals surface area contributed by atoms with Gasteiger partial charge in [-0.1, -0.05) is 107 Å². The lowest BCUT2D eigenvalue weighted by Crippen LogP contribution is -2.37. The average Bonchev–Trinajstić information content (AvgIpc) is 3.32. The molecule has 3 rings (SSSR count). The SMILES string of the molecule is CCCCCCCCCCCC(=O)n1cc(CC(=O)c2c(Cl)cccc2Cl)c(C(=O)NC2CCCCC2)n1. The molecule has 0 spiro atoms. The van der Waals surface area contributed by atoms with Crippen LogP contribution in [0.3, 0.4) is 0 Å². The Bertz CT molecular complexity index is 1060. The molecule has 0 saturated heterocycles. The fraction of sp³-hybridized carbons (Fsp3) is 0.600. The molecular weight excluding hydrogens is 521 g/mol. The summed E-state index contributed by atoms with van der Waals surface area (Å²) in [5, 5.41) is 7.93. The minimum absolute atomic E-state index is 0.0839. The van der Waals surface area contributed by atoms with Gasteiger partial charge in [-0.25, -0.2) is 4.68 Å². The number of rotatable bonds is 15. The van der Waals surface area contributed by atoms with Crippen molar-refractivity contribution in [2.45, 2.75) is 116 Å². The zero-order valence-corrected chi connectivity index (χ0v) is 24.1. The quantitative estimate of drug-likeness (QED) is 0.175. The molecule has 0 atom stereocenters. The molecule has 1 aromatic heterocycles. The van der Waals surface area contributed by atoms with Crippen molar-refractivity contribution in [2.75, 3.05) is 0 Å². The number of halogens is 2. The number of carbonyl (C=O) groups excluding carboxylic acids is 3. The number of aromatic nitrogens is 2. The predicted molar refractivity (Wildman–Crippen MR) is 154 cm³/mol. The van der Waals surface area contributed by atoms with Gasteiger partial charge in [-0.15, -0.1) is 0 Å². The minimum atomic E-state index is -0.348. The largest absolute Gasteiger partial charge is 0.348 e. The van der Waals surface area contributed by atoms with Gasteiger partial charge >= 0.3 is 0 Å². The highest BCUT2D eigenvalue weighted by atomic mass is 35.5. The lowest BCUT2D eigenvalue weighted by atomic mass is 9.95. The maximum atomic E-state index is 13.2. The maximum Gasteiger partial charge on any atom is 0.272 e. The number of Topliss-reactive ketones (excluding diaryl/α,β-unsaturated/α-hetero) is 1. The van der Waals surface area contributed by atoms with Crippen molar-refractivity contribution >= 4 is 40.8 Å². The molecule has 38 heavy (non-hydrogen) atoms. The third-order valence-corrected chi connectivity index (χ3v) is 7.92. The van der Waals surface area contributed by atoms with E-state index < -0.39 is 0 Å². The molecule has 2 aromatic rings. The van der Waals surface area contributed by atoms with Crippen molar-refractivity contribution in [3.05, 3.63) is 51.3 Å². The summed E-state index contributed by atoms with van der Waals surface area (Å²) in [6.07, 6.45) is 17.4. The molecule has 0 radical (unpaired) electrons. The summed E-state index contributed by atoms with van der Waals surface area (Å²) in [7, 11) is 0. The van der Waals surface area contributed by atoms with E-state index >= 15 is 0 Å². The molecule has 1 aliphatic carbocycles. The highest BCUT2D eigenvalue weighted by Crippen LogP contribution is 2.26. The van der Waals surface area contributed by atoms with Crippen molar-refractivity contribution < 1.29 is 14.4 Å². The van der Waals surface area contributed by atoms with Crippen molar-refractivity contribution in [2.24, 2.45) is 0 Å². The van der Waals surface area contributed by atoms with Crippen LogP contribution in [0.4, 0.5) is 0 Å². The zero-order valence-electron chi connectivity index (χ0n) is 22.6. The van der Waals surface area contributed by atoms with Gasteiger partial charge in [0.1, 0.15) is 0 Å². The monoisotopic (exact) mass is 561 g/mol. The summed E-state index contributed by atoms with van der Waals surface area (Å²) < 4.78 is 1.23. The van der Waals surface area contributed by atoms with Crippen LogP contribution in [-0.4, -0.2) is 33.4 Å². The minimum Gasteiger partial charge on any atom is -0.348 e. The Kier molecular flexibility index (Phi) is 12.8. The fourth-order valence-corrected chi connectivity index (χ4v) is 5.69. The summed E-state index contributed by atoms with van der Waals surface area (Å²) in [4.78, 5) is 39.3. The Morgan fingerprint density at radius 1 is 0.921 bits per heavy atom. The topological polar surface area (TPSA) is 81.1 Å². The van der Waals surface area contributed by atoms with Gasteiger partial charge in [-0.05, 0) is 31.4 Å². The first-order chi connectivity index (χ1) is 18.4. The Balaban J connectivity index is 1.65. The van der Waals surface area contributed by atoms with Crippen molar-refractivity contribution in [1.29, 1.82) is 0 Å². The van der Waals surface area contributed by atoms with Crippen LogP contribution in [0.2, 0.25) is 10.0 Å². The number of hydrogen-bond donors (Lipinski definition) is 1. The standard InChI is InChI=1S/C30H41Cl2N3O3/c1-2-3-4-5-6-7-8-9-13-19-27(37)35-21-22(20-26(36)28-24(31)17-14-18-25(28)32)29(34-35)30(38)33-23-15-11-10-12-16-23/h14,17-18,21,23H,2-13,15-16,19-20H2,1H3,(H,33,38). The van der Waals surface area contributed by atoms with E-state index in [9.17, 15) is 14.4 Å². The van der Waals surface area contributed by atoms with Crippen LogP contribution in [0.1, 0.15) is 134 Å². The number of nitrogens with zero attached hydrogens (tertiary/aromatic N) is 2. The summed E-state index contributed by atoms with van der Waals surface area (Å²) in [5.41, 5.74) is 0.732. The predicted octanol–water partition coefficient (Wildman–Crippen LogP) is 8.24. The third-order valence-electron chi connectivity index (χ3n) is 7.29. The van der Waals surface area contributed by atoms with Gasteiger partial charge in [0.15, 0.2) is 11.5 Å². The molecule has 1 amide bonds. The van der Waals surface area contributed by atoms with Crippen molar-refractivity contribution in [3.8, 4) is 0 Å². The highest BCUT2D eigenvalue weighted by Gasteiger charge is 2.25. The molecule has 6 nitrogen and oxygen atoms in total. The molecule has 1 fully saturated rings. The van der Waals surface area contributed by atoms with Gasteiger partial charge < -0.3 is 5.32 Å². The molecule has 208 valence electrons. The number of hydrogen-bond acceptors (Lipinski definition) is 4. The average molecular weight is 563 g/mol. The van der Waals surface area contributed by atoms with Gasteiger partial charge in [-0.2, -0.15) is 5.10 Å². The second-order valence-corrected chi connectivity index (χ2v) is 11.2. The highest BCUT2D eigenvalue weighted by molar-refractivity contribution is 6.39. The first kappa shape index (κ1) is 30.4. The number of unbranched alkanes of at least 4 members (excludes halogenated alkanes) is 8. The number of benzene rings is 1. The lowest BCUT2D eigenvalue weighted by Gasteiger charge is -2.22. The molecular formula is C30H41Cl2N3O3. The van der Waals surface area contributed by atoms with Crippen LogP contribution >= 0.6 is 23.2 Å². The Hall–Kier alpha value is -2.18. The molecule has 8 heteroatoms. The van der Waals surface area contributed by atoms with E-state index in [2.05, 4.69) is 17.3 Å². The van der Waals surface area contributed by atoms with E-state index in [4.69, 9.17) is 23.2 Å². The molecule has 0 aliphatic heterocycles. The van der Waals surface area contributed by atoms with Gasteiger partial charge in [0.25, 0.3) is 5.91 Å². The molecule has 1 saturated carbocycles. The summed E-state index contributed by atoms with van der Waals surface area (Å²) in [6, 6.07) is 4.97. The Morgan fingerprint density at radius 2 is 1.53 bits per heavy atom. The molecule has 1 N–H and O–H groups in total. The Labute approximate surface area is 236 Å². The molecule has 1 aromatic carbocycles. The second-order valence-electron chi connectivity index (χ2n) is 10.4.